The maximum atomic E-state index is 6.05. The van der Waals surface area contributed by atoms with Gasteiger partial charge in [0.25, 0.3) is 0 Å². The van der Waals surface area contributed by atoms with Crippen molar-refractivity contribution in [2.75, 3.05) is 0 Å². The Hall–Kier alpha value is -1.84. The molecule has 0 aliphatic heterocycles. The molecule has 1 heterocycles. The van der Waals surface area contributed by atoms with Crippen molar-refractivity contribution in [1.82, 2.24) is 0 Å². The fourth-order valence-electron chi connectivity index (χ4n) is 3.14. The number of hydrogen-bond donors (Lipinski definition) is 0. The molecular formula is C24H26Cl2FeN2O. The first-order valence-corrected chi connectivity index (χ1v) is 12.5. The molecule has 3 rings (SSSR count). The van der Waals surface area contributed by atoms with Crippen LogP contribution in [0.2, 0.25) is 0 Å². The van der Waals surface area contributed by atoms with Crippen molar-refractivity contribution in [3.63, 3.8) is 0 Å². The zero-order valence-corrected chi connectivity index (χ0v) is 20.6. The van der Waals surface area contributed by atoms with Gasteiger partial charge in [0.15, 0.2) is 0 Å². The summed E-state index contributed by atoms with van der Waals surface area (Å²) >= 11 is 0.194. The van der Waals surface area contributed by atoms with Gasteiger partial charge in [-0.2, -0.15) is 0 Å². The first-order chi connectivity index (χ1) is 14.3. The van der Waals surface area contributed by atoms with Gasteiger partial charge in [0.2, 0.25) is 0 Å². The summed E-state index contributed by atoms with van der Waals surface area (Å²) in [5, 5.41) is 0. The SMILES string of the molecule is CC(=Nc1c(C)cccc1C)c1ccc(C(C)=Nc2c(C)cccc2C)o1.[Cl][Fe][Cl]. The van der Waals surface area contributed by atoms with Crippen molar-refractivity contribution in [1.29, 1.82) is 0 Å². The van der Waals surface area contributed by atoms with E-state index in [1.807, 2.05) is 26.0 Å². The minimum atomic E-state index is 0.194. The number of furan rings is 1. The third-order valence-corrected chi connectivity index (χ3v) is 4.76. The molecular weight excluding hydrogens is 459 g/mol. The number of rotatable bonds is 4. The van der Waals surface area contributed by atoms with Gasteiger partial charge in [-0.25, -0.2) is 9.98 Å². The molecule has 6 heteroatoms. The van der Waals surface area contributed by atoms with Gasteiger partial charge in [-0.3, -0.25) is 0 Å². The van der Waals surface area contributed by atoms with Crippen molar-refractivity contribution < 1.29 is 17.6 Å². The molecule has 3 aromatic rings. The summed E-state index contributed by atoms with van der Waals surface area (Å²) in [6.07, 6.45) is 0. The van der Waals surface area contributed by atoms with Crippen LogP contribution in [0.4, 0.5) is 11.4 Å². The molecule has 0 atom stereocenters. The van der Waals surface area contributed by atoms with Gasteiger partial charge in [-0.15, -0.1) is 0 Å². The van der Waals surface area contributed by atoms with E-state index in [4.69, 9.17) is 34.6 Å². The Bertz CT molecular complexity index is 948. The Labute approximate surface area is 193 Å². The van der Waals surface area contributed by atoms with Crippen LogP contribution in [-0.2, 0) is 13.1 Å². The molecule has 0 radical (unpaired) electrons. The molecule has 0 spiro atoms. The molecule has 0 bridgehead atoms. The molecule has 0 aliphatic rings. The topological polar surface area (TPSA) is 37.9 Å². The summed E-state index contributed by atoms with van der Waals surface area (Å²) in [7, 11) is 9.53. The standard InChI is InChI=1S/C24H26N2O.2ClH.Fe/c1-15-9-7-10-16(2)23(15)25-19(5)21-13-14-22(27-21)20(6)26-24-17(3)11-8-12-18(24)4;;;/h7-14H,1-6H3;2*1H;/q;;;+2/p-2. The predicted molar refractivity (Wildman–Crippen MR) is 126 cm³/mol. The Balaban J connectivity index is 0.00000101. The Morgan fingerprint density at radius 1 is 0.667 bits per heavy atom. The second kappa shape index (κ2) is 11.5. The Kier molecular flexibility index (Phi) is 9.38. The van der Waals surface area contributed by atoms with Crippen molar-refractivity contribution >= 4 is 43.0 Å². The Morgan fingerprint density at radius 3 is 1.27 bits per heavy atom. The molecule has 0 saturated heterocycles. The van der Waals surface area contributed by atoms with E-state index in [1.165, 1.54) is 0 Å². The first-order valence-electron chi connectivity index (χ1n) is 9.47. The van der Waals surface area contributed by atoms with Crippen molar-refractivity contribution in [2.45, 2.75) is 41.5 Å². The van der Waals surface area contributed by atoms with Gasteiger partial charge in [0.05, 0.1) is 22.8 Å². The molecule has 0 N–H and O–H groups in total. The van der Waals surface area contributed by atoms with E-state index in [0.29, 0.717) is 0 Å². The average Bonchev–Trinajstić information content (AvgIpc) is 3.19. The van der Waals surface area contributed by atoms with E-state index in [9.17, 15) is 0 Å². The normalized spacial score (nSPS) is 12.0. The van der Waals surface area contributed by atoms with Crippen molar-refractivity contribution in [3.05, 3.63) is 82.3 Å². The quantitative estimate of drug-likeness (QED) is 0.271. The number of aryl methyl sites for hydroxylation is 4. The van der Waals surface area contributed by atoms with Gasteiger partial charge >= 0.3 is 33.3 Å². The number of para-hydroxylation sites is 2. The summed E-state index contributed by atoms with van der Waals surface area (Å²) in [5.74, 6) is 1.53. The third kappa shape index (κ3) is 6.33. The number of hydrogen-bond acceptors (Lipinski definition) is 3. The summed E-state index contributed by atoms with van der Waals surface area (Å²) < 4.78 is 6.05. The van der Waals surface area contributed by atoms with Crippen LogP contribution in [0.25, 0.3) is 0 Å². The molecule has 2 aromatic carbocycles. The second-order valence-corrected chi connectivity index (χ2v) is 8.91. The molecule has 0 saturated carbocycles. The minimum absolute atomic E-state index is 0.194. The molecule has 3 nitrogen and oxygen atoms in total. The molecule has 30 heavy (non-hydrogen) atoms. The summed E-state index contributed by atoms with van der Waals surface area (Å²) in [5.41, 5.74) is 8.38. The zero-order valence-electron chi connectivity index (χ0n) is 18.0. The average molecular weight is 485 g/mol. The van der Waals surface area contributed by atoms with Gasteiger partial charge in [0.1, 0.15) is 11.5 Å². The first kappa shape index (κ1) is 24.4. The van der Waals surface area contributed by atoms with E-state index in [-0.39, 0.29) is 13.1 Å². The number of aliphatic imine (C=N–C) groups is 2. The van der Waals surface area contributed by atoms with Crippen LogP contribution >= 0.6 is 20.2 Å². The van der Waals surface area contributed by atoms with E-state index >= 15 is 0 Å². The van der Waals surface area contributed by atoms with Crippen LogP contribution in [0.5, 0.6) is 0 Å². The van der Waals surface area contributed by atoms with E-state index in [1.54, 1.807) is 0 Å². The van der Waals surface area contributed by atoms with Crippen LogP contribution in [0.3, 0.4) is 0 Å². The Morgan fingerprint density at radius 2 is 0.967 bits per heavy atom. The monoisotopic (exact) mass is 484 g/mol. The van der Waals surface area contributed by atoms with Gasteiger partial charge in [-0.1, -0.05) is 36.4 Å². The third-order valence-electron chi connectivity index (χ3n) is 4.76. The number of benzene rings is 2. The van der Waals surface area contributed by atoms with Crippen LogP contribution in [-0.4, -0.2) is 11.4 Å². The molecule has 0 fully saturated rings. The number of nitrogens with zero attached hydrogens (tertiary/aromatic N) is 2. The molecule has 0 aliphatic carbocycles. The predicted octanol–water partition coefficient (Wildman–Crippen LogP) is 8.17. The summed E-state index contributed by atoms with van der Waals surface area (Å²) in [4.78, 5) is 9.59. The fourth-order valence-corrected chi connectivity index (χ4v) is 3.14. The fraction of sp³-hybridized carbons (Fsp3) is 0.250. The van der Waals surface area contributed by atoms with Gasteiger partial charge < -0.3 is 4.42 Å². The van der Waals surface area contributed by atoms with Crippen LogP contribution in [0.15, 0.2) is 62.9 Å². The van der Waals surface area contributed by atoms with E-state index in [0.717, 1.165) is 56.6 Å². The van der Waals surface area contributed by atoms with E-state index in [2.05, 4.69) is 64.1 Å². The zero-order chi connectivity index (χ0) is 22.3. The van der Waals surface area contributed by atoms with Gasteiger partial charge in [0, 0.05) is 0 Å². The molecule has 0 unspecified atom stereocenters. The maximum absolute atomic E-state index is 6.05. The van der Waals surface area contributed by atoms with Crippen molar-refractivity contribution in [2.24, 2.45) is 9.98 Å². The van der Waals surface area contributed by atoms with Crippen LogP contribution in [0.1, 0.15) is 47.6 Å². The van der Waals surface area contributed by atoms with Crippen molar-refractivity contribution in [3.8, 4) is 0 Å². The molecule has 160 valence electrons. The number of halogens is 2. The second-order valence-electron chi connectivity index (χ2n) is 7.09. The van der Waals surface area contributed by atoms with Crippen LogP contribution in [0, 0.1) is 27.7 Å². The summed E-state index contributed by atoms with van der Waals surface area (Å²) in [6.45, 7) is 12.3. The van der Waals surface area contributed by atoms with E-state index < -0.39 is 0 Å². The van der Waals surface area contributed by atoms with Crippen LogP contribution < -0.4 is 0 Å². The van der Waals surface area contributed by atoms with Gasteiger partial charge in [-0.05, 0) is 75.9 Å². The summed E-state index contributed by atoms with van der Waals surface area (Å²) in [6, 6.07) is 16.3. The molecule has 0 amide bonds. The molecule has 1 aromatic heterocycles.